The lowest BCUT2D eigenvalue weighted by Gasteiger charge is -2.34. The van der Waals surface area contributed by atoms with Crippen LogP contribution in [0, 0.1) is 20.8 Å². The molecule has 1 aliphatic heterocycles. The van der Waals surface area contributed by atoms with Gasteiger partial charge in [-0.25, -0.2) is 15.0 Å². The summed E-state index contributed by atoms with van der Waals surface area (Å²) in [5.74, 6) is 2.08. The topological polar surface area (TPSA) is 74.8 Å². The summed E-state index contributed by atoms with van der Waals surface area (Å²) in [5, 5.41) is 0. The lowest BCUT2D eigenvalue weighted by Crippen LogP contribution is -2.36. The summed E-state index contributed by atoms with van der Waals surface area (Å²) in [6, 6.07) is 1.61. The molecule has 0 amide bonds. The van der Waals surface area contributed by atoms with Crippen LogP contribution < -0.4 is 10.5 Å². The van der Waals surface area contributed by atoms with Gasteiger partial charge < -0.3 is 9.88 Å². The fraction of sp³-hybridized carbons (Fsp3) is 0.500. The molecule has 6 nitrogen and oxygen atoms in total. The lowest BCUT2D eigenvalue weighted by molar-refractivity contribution is 0.496. The zero-order chi connectivity index (χ0) is 15.7. The first-order chi connectivity index (χ1) is 10.5. The standard InChI is InChI=1S/C16H21N5O/c1-10-11(2)19-12(3)20-16(10)21-6-4-5-13(8-21)14-7-15(22)18-9-17-14/h7,9,13H,4-6,8H2,1-3H3,(H,17,18,22). The molecule has 1 N–H and O–H groups in total. The number of H-pyrrole nitrogens is 1. The second-order valence-electron chi connectivity index (χ2n) is 5.93. The Morgan fingerprint density at radius 2 is 2.09 bits per heavy atom. The van der Waals surface area contributed by atoms with Gasteiger partial charge >= 0.3 is 0 Å². The Kier molecular flexibility index (Phi) is 3.92. The molecule has 0 radical (unpaired) electrons. The zero-order valence-electron chi connectivity index (χ0n) is 13.3. The van der Waals surface area contributed by atoms with Crippen LogP contribution in [0.3, 0.4) is 0 Å². The number of hydrogen-bond acceptors (Lipinski definition) is 5. The van der Waals surface area contributed by atoms with Crippen LogP contribution in [0.2, 0.25) is 0 Å². The third kappa shape index (κ3) is 2.86. The quantitative estimate of drug-likeness (QED) is 0.916. The summed E-state index contributed by atoms with van der Waals surface area (Å²) in [6.45, 7) is 7.84. The number of piperidine rings is 1. The van der Waals surface area contributed by atoms with E-state index in [1.54, 1.807) is 6.07 Å². The van der Waals surface area contributed by atoms with E-state index >= 15 is 0 Å². The van der Waals surface area contributed by atoms with E-state index in [4.69, 9.17) is 0 Å². The maximum absolute atomic E-state index is 11.5. The summed E-state index contributed by atoms with van der Waals surface area (Å²) in [6.07, 6.45) is 3.61. The lowest BCUT2D eigenvalue weighted by atomic mass is 9.94. The summed E-state index contributed by atoms with van der Waals surface area (Å²) >= 11 is 0. The molecule has 1 saturated heterocycles. The van der Waals surface area contributed by atoms with E-state index < -0.39 is 0 Å². The average Bonchev–Trinajstić information content (AvgIpc) is 2.51. The highest BCUT2D eigenvalue weighted by Crippen LogP contribution is 2.29. The predicted octanol–water partition coefficient (Wildman–Crippen LogP) is 1.87. The fourth-order valence-electron chi connectivity index (χ4n) is 3.08. The molecule has 1 atom stereocenters. The van der Waals surface area contributed by atoms with Crippen LogP contribution in [-0.2, 0) is 0 Å². The molecule has 0 spiro atoms. The van der Waals surface area contributed by atoms with E-state index in [0.29, 0.717) is 0 Å². The Hall–Kier alpha value is -2.24. The molecule has 1 aliphatic rings. The number of rotatable bonds is 2. The van der Waals surface area contributed by atoms with Gasteiger partial charge in [-0.05, 0) is 33.6 Å². The minimum Gasteiger partial charge on any atom is -0.356 e. The third-order valence-electron chi connectivity index (χ3n) is 4.31. The van der Waals surface area contributed by atoms with Crippen molar-refractivity contribution in [2.75, 3.05) is 18.0 Å². The number of aryl methyl sites for hydroxylation is 2. The second kappa shape index (κ2) is 5.87. The maximum Gasteiger partial charge on any atom is 0.250 e. The number of anilines is 1. The number of hydrogen-bond donors (Lipinski definition) is 1. The smallest absolute Gasteiger partial charge is 0.250 e. The van der Waals surface area contributed by atoms with Gasteiger partial charge in [0.25, 0.3) is 5.56 Å². The Bertz CT molecular complexity index is 740. The van der Waals surface area contributed by atoms with Crippen molar-refractivity contribution < 1.29 is 0 Å². The van der Waals surface area contributed by atoms with Crippen molar-refractivity contribution in [1.82, 2.24) is 19.9 Å². The van der Waals surface area contributed by atoms with E-state index in [1.807, 2.05) is 13.8 Å². The van der Waals surface area contributed by atoms with Gasteiger partial charge in [-0.2, -0.15) is 0 Å². The van der Waals surface area contributed by atoms with E-state index in [1.165, 1.54) is 6.33 Å². The van der Waals surface area contributed by atoms with Gasteiger partial charge in [0.05, 0.1) is 12.0 Å². The highest BCUT2D eigenvalue weighted by molar-refractivity contribution is 5.49. The van der Waals surface area contributed by atoms with Gasteiger partial charge in [-0.1, -0.05) is 0 Å². The predicted molar refractivity (Wildman–Crippen MR) is 85.3 cm³/mol. The Morgan fingerprint density at radius 3 is 2.86 bits per heavy atom. The van der Waals surface area contributed by atoms with Gasteiger partial charge in [0.1, 0.15) is 11.6 Å². The van der Waals surface area contributed by atoms with Gasteiger partial charge in [-0.15, -0.1) is 0 Å². The second-order valence-corrected chi connectivity index (χ2v) is 5.93. The normalized spacial score (nSPS) is 18.5. The van der Waals surface area contributed by atoms with E-state index in [9.17, 15) is 4.79 Å². The molecule has 6 heteroatoms. The fourth-order valence-corrected chi connectivity index (χ4v) is 3.08. The van der Waals surface area contributed by atoms with Crippen LogP contribution in [0.5, 0.6) is 0 Å². The molecule has 0 aliphatic carbocycles. The van der Waals surface area contributed by atoms with Crippen molar-refractivity contribution in [1.29, 1.82) is 0 Å². The summed E-state index contributed by atoms with van der Waals surface area (Å²) in [7, 11) is 0. The van der Waals surface area contributed by atoms with Crippen molar-refractivity contribution in [3.05, 3.63) is 45.5 Å². The minimum absolute atomic E-state index is 0.0907. The zero-order valence-corrected chi connectivity index (χ0v) is 13.3. The van der Waals surface area contributed by atoms with Crippen LogP contribution in [0.4, 0.5) is 5.82 Å². The first-order valence-corrected chi connectivity index (χ1v) is 7.66. The SMILES string of the molecule is Cc1nc(C)c(C)c(N2CCCC(c3cc(=O)[nH]cn3)C2)n1. The molecule has 0 bridgehead atoms. The summed E-state index contributed by atoms with van der Waals surface area (Å²) in [4.78, 5) is 29.8. The largest absolute Gasteiger partial charge is 0.356 e. The van der Waals surface area contributed by atoms with Gasteiger partial charge in [0.2, 0.25) is 0 Å². The molecule has 2 aromatic heterocycles. The summed E-state index contributed by atoms with van der Waals surface area (Å²) < 4.78 is 0. The molecule has 1 unspecified atom stereocenters. The first kappa shape index (κ1) is 14.7. The maximum atomic E-state index is 11.5. The highest BCUT2D eigenvalue weighted by Gasteiger charge is 2.25. The van der Waals surface area contributed by atoms with Crippen LogP contribution >= 0.6 is 0 Å². The molecule has 0 saturated carbocycles. The van der Waals surface area contributed by atoms with Crippen molar-refractivity contribution >= 4 is 5.82 Å². The molecule has 0 aromatic carbocycles. The van der Waals surface area contributed by atoms with Crippen LogP contribution in [0.1, 0.15) is 41.5 Å². The van der Waals surface area contributed by atoms with Crippen molar-refractivity contribution in [3.63, 3.8) is 0 Å². The molecular weight excluding hydrogens is 278 g/mol. The van der Waals surface area contributed by atoms with Gasteiger partial charge in [-0.3, -0.25) is 4.79 Å². The molecular formula is C16H21N5O. The van der Waals surface area contributed by atoms with Crippen molar-refractivity contribution in [3.8, 4) is 0 Å². The van der Waals surface area contributed by atoms with Crippen molar-refractivity contribution in [2.24, 2.45) is 0 Å². The molecule has 2 aromatic rings. The highest BCUT2D eigenvalue weighted by atomic mass is 16.1. The van der Waals surface area contributed by atoms with Gasteiger partial charge in [0.15, 0.2) is 0 Å². The molecule has 22 heavy (non-hydrogen) atoms. The van der Waals surface area contributed by atoms with Crippen LogP contribution in [0.15, 0.2) is 17.2 Å². The van der Waals surface area contributed by atoms with Gasteiger partial charge in [0, 0.05) is 36.3 Å². The van der Waals surface area contributed by atoms with E-state index in [2.05, 4.69) is 31.8 Å². The Morgan fingerprint density at radius 1 is 1.27 bits per heavy atom. The van der Waals surface area contributed by atoms with E-state index in [-0.39, 0.29) is 11.5 Å². The molecule has 116 valence electrons. The number of nitrogens with zero attached hydrogens (tertiary/aromatic N) is 4. The van der Waals surface area contributed by atoms with Crippen LogP contribution in [0.25, 0.3) is 0 Å². The average molecular weight is 299 g/mol. The number of aromatic nitrogens is 4. The Labute approximate surface area is 129 Å². The third-order valence-corrected chi connectivity index (χ3v) is 4.31. The van der Waals surface area contributed by atoms with E-state index in [0.717, 1.165) is 54.5 Å². The summed E-state index contributed by atoms with van der Waals surface area (Å²) in [5.41, 5.74) is 2.93. The number of nitrogens with one attached hydrogen (secondary N) is 1. The molecule has 1 fully saturated rings. The monoisotopic (exact) mass is 299 g/mol. The first-order valence-electron chi connectivity index (χ1n) is 7.66. The van der Waals surface area contributed by atoms with Crippen molar-refractivity contribution in [2.45, 2.75) is 39.5 Å². The molecule has 3 rings (SSSR count). The minimum atomic E-state index is -0.0907. The van der Waals surface area contributed by atoms with Crippen LogP contribution in [-0.4, -0.2) is 33.0 Å². The molecule has 3 heterocycles. The Balaban J connectivity index is 1.89. The number of aromatic amines is 1.